The van der Waals surface area contributed by atoms with Crippen molar-refractivity contribution in [2.75, 3.05) is 13.1 Å². The van der Waals surface area contributed by atoms with Gasteiger partial charge < -0.3 is 5.11 Å². The number of benzene rings is 1. The fraction of sp³-hybridized carbons (Fsp3) is 0.588. The van der Waals surface area contributed by atoms with Crippen LogP contribution in [0.5, 0.6) is 0 Å². The van der Waals surface area contributed by atoms with Crippen LogP contribution in [-0.4, -0.2) is 29.1 Å². The second-order valence-electron chi connectivity index (χ2n) is 5.97. The predicted octanol–water partition coefficient (Wildman–Crippen LogP) is 3.93. The highest BCUT2D eigenvalue weighted by Crippen LogP contribution is 2.23. The second kappa shape index (κ2) is 7.55. The van der Waals surface area contributed by atoms with Crippen molar-refractivity contribution >= 4 is 5.97 Å². The minimum atomic E-state index is -0.983. The molecule has 0 radical (unpaired) electrons. The van der Waals surface area contributed by atoms with E-state index in [1.165, 1.54) is 37.5 Å². The van der Waals surface area contributed by atoms with Crippen LogP contribution in [0.4, 0.5) is 4.39 Å². The van der Waals surface area contributed by atoms with E-state index in [4.69, 9.17) is 0 Å². The number of carboxylic acid groups (broad SMARTS) is 1. The van der Waals surface area contributed by atoms with Crippen molar-refractivity contribution in [1.29, 1.82) is 0 Å². The number of likely N-dealkylation sites (tertiary alicyclic amines) is 1. The Morgan fingerprint density at radius 2 is 2.19 bits per heavy atom. The first-order valence-corrected chi connectivity index (χ1v) is 7.84. The van der Waals surface area contributed by atoms with Crippen LogP contribution in [0.15, 0.2) is 18.2 Å². The molecule has 0 bridgehead atoms. The van der Waals surface area contributed by atoms with Crippen LogP contribution in [0.3, 0.4) is 0 Å². The molecule has 1 aromatic carbocycles. The number of carbonyl (C=O) groups is 1. The molecule has 1 fully saturated rings. The Bertz CT molecular complexity index is 490. The predicted molar refractivity (Wildman–Crippen MR) is 80.9 cm³/mol. The van der Waals surface area contributed by atoms with Crippen molar-refractivity contribution in [1.82, 2.24) is 4.90 Å². The number of nitrogens with zero attached hydrogens (tertiary/aromatic N) is 1. The Balaban J connectivity index is 2.04. The van der Waals surface area contributed by atoms with Crippen LogP contribution in [-0.2, 0) is 6.54 Å². The molecular weight excluding hydrogens is 269 g/mol. The van der Waals surface area contributed by atoms with Crippen LogP contribution < -0.4 is 0 Å². The van der Waals surface area contributed by atoms with Crippen LogP contribution in [0, 0.1) is 11.7 Å². The van der Waals surface area contributed by atoms with Gasteiger partial charge in [-0.25, -0.2) is 9.18 Å². The Hall–Kier alpha value is -1.42. The fourth-order valence-corrected chi connectivity index (χ4v) is 3.22. The van der Waals surface area contributed by atoms with Gasteiger partial charge in [0.2, 0.25) is 0 Å². The molecule has 0 aliphatic carbocycles. The molecule has 4 heteroatoms. The van der Waals surface area contributed by atoms with Gasteiger partial charge in [-0.15, -0.1) is 0 Å². The van der Waals surface area contributed by atoms with Crippen molar-refractivity contribution < 1.29 is 14.3 Å². The molecule has 1 unspecified atom stereocenters. The van der Waals surface area contributed by atoms with E-state index in [-0.39, 0.29) is 11.4 Å². The van der Waals surface area contributed by atoms with E-state index < -0.39 is 5.97 Å². The number of hydrogen-bond acceptors (Lipinski definition) is 2. The molecule has 116 valence electrons. The van der Waals surface area contributed by atoms with Gasteiger partial charge in [0.25, 0.3) is 0 Å². The summed E-state index contributed by atoms with van der Waals surface area (Å²) in [7, 11) is 0. The minimum absolute atomic E-state index is 0.214. The Morgan fingerprint density at radius 1 is 1.38 bits per heavy atom. The monoisotopic (exact) mass is 293 g/mol. The highest BCUT2D eigenvalue weighted by molar-refractivity contribution is 5.89. The van der Waals surface area contributed by atoms with Gasteiger partial charge in [0.1, 0.15) is 5.82 Å². The maximum absolute atomic E-state index is 13.4. The molecule has 1 aliphatic rings. The van der Waals surface area contributed by atoms with E-state index >= 15 is 0 Å². The molecule has 21 heavy (non-hydrogen) atoms. The summed E-state index contributed by atoms with van der Waals surface area (Å²) in [5.74, 6) is -0.566. The van der Waals surface area contributed by atoms with Gasteiger partial charge in [0, 0.05) is 6.54 Å². The van der Waals surface area contributed by atoms with Crippen LogP contribution in [0.25, 0.3) is 0 Å². The zero-order valence-electron chi connectivity index (χ0n) is 12.6. The zero-order chi connectivity index (χ0) is 15.2. The topological polar surface area (TPSA) is 40.5 Å². The maximum atomic E-state index is 13.4. The van der Waals surface area contributed by atoms with Crippen LogP contribution >= 0.6 is 0 Å². The van der Waals surface area contributed by atoms with Crippen LogP contribution in [0.1, 0.15) is 54.9 Å². The summed E-state index contributed by atoms with van der Waals surface area (Å²) in [6, 6.07) is 3.94. The highest BCUT2D eigenvalue weighted by Gasteiger charge is 2.19. The Labute approximate surface area is 125 Å². The van der Waals surface area contributed by atoms with Gasteiger partial charge >= 0.3 is 5.97 Å². The molecule has 1 atom stereocenters. The van der Waals surface area contributed by atoms with E-state index in [2.05, 4.69) is 11.8 Å². The van der Waals surface area contributed by atoms with E-state index in [1.54, 1.807) is 0 Å². The van der Waals surface area contributed by atoms with E-state index in [9.17, 15) is 14.3 Å². The van der Waals surface area contributed by atoms with Gasteiger partial charge in [-0.2, -0.15) is 0 Å². The van der Waals surface area contributed by atoms with Gasteiger partial charge in [-0.1, -0.05) is 19.8 Å². The van der Waals surface area contributed by atoms with E-state index in [0.717, 1.165) is 31.8 Å². The van der Waals surface area contributed by atoms with Crippen molar-refractivity contribution in [2.45, 2.75) is 45.6 Å². The van der Waals surface area contributed by atoms with Gasteiger partial charge in [-0.3, -0.25) is 4.90 Å². The molecule has 0 aromatic heterocycles. The van der Waals surface area contributed by atoms with Crippen molar-refractivity contribution in [3.63, 3.8) is 0 Å². The molecule has 1 N–H and O–H groups in total. The zero-order valence-corrected chi connectivity index (χ0v) is 12.6. The summed E-state index contributed by atoms with van der Waals surface area (Å²) in [6.07, 6.45) is 6.04. The smallest absolute Gasteiger partial charge is 0.336 e. The van der Waals surface area contributed by atoms with E-state index in [0.29, 0.717) is 12.1 Å². The standard InChI is InChI=1S/C17H24FNO2/c1-2-4-13-5-3-9-19(10-8-13)12-14-11-15(18)6-7-16(14)17(20)21/h6-7,11,13H,2-5,8-10,12H2,1H3,(H,20,21). The molecule has 1 aromatic rings. The number of hydrogen-bond donors (Lipinski definition) is 1. The molecule has 1 saturated heterocycles. The second-order valence-corrected chi connectivity index (χ2v) is 5.97. The van der Waals surface area contributed by atoms with Gasteiger partial charge in [-0.05, 0) is 62.0 Å². The summed E-state index contributed by atoms with van der Waals surface area (Å²) in [5.41, 5.74) is 0.794. The molecule has 0 saturated carbocycles. The third-order valence-electron chi connectivity index (χ3n) is 4.33. The summed E-state index contributed by atoms with van der Waals surface area (Å²) >= 11 is 0. The summed E-state index contributed by atoms with van der Waals surface area (Å²) in [4.78, 5) is 13.5. The third-order valence-corrected chi connectivity index (χ3v) is 4.33. The molecule has 0 amide bonds. The Morgan fingerprint density at radius 3 is 2.90 bits per heavy atom. The summed E-state index contributed by atoms with van der Waals surface area (Å²) in [6.45, 7) is 4.68. The largest absolute Gasteiger partial charge is 0.478 e. The first kappa shape index (κ1) is 16.0. The lowest BCUT2D eigenvalue weighted by Crippen LogP contribution is -2.25. The average molecular weight is 293 g/mol. The van der Waals surface area contributed by atoms with Gasteiger partial charge in [0.15, 0.2) is 0 Å². The van der Waals surface area contributed by atoms with Gasteiger partial charge in [0.05, 0.1) is 5.56 Å². The third kappa shape index (κ3) is 4.53. The molecular formula is C17H24FNO2. The Kier molecular flexibility index (Phi) is 5.74. The lowest BCUT2D eigenvalue weighted by molar-refractivity contribution is 0.0694. The SMILES string of the molecule is CCCC1CCCN(Cc2cc(F)ccc2C(=O)O)CC1. The average Bonchev–Trinajstić information content (AvgIpc) is 2.65. The number of halogens is 1. The first-order chi connectivity index (χ1) is 10.1. The van der Waals surface area contributed by atoms with Crippen LogP contribution in [0.2, 0.25) is 0 Å². The lowest BCUT2D eigenvalue weighted by Gasteiger charge is -2.21. The normalized spacial score (nSPS) is 20.2. The minimum Gasteiger partial charge on any atom is -0.478 e. The molecule has 1 aliphatic heterocycles. The highest BCUT2D eigenvalue weighted by atomic mass is 19.1. The quantitative estimate of drug-likeness (QED) is 0.894. The fourth-order valence-electron chi connectivity index (χ4n) is 3.22. The van der Waals surface area contributed by atoms with Crippen molar-refractivity contribution in [2.24, 2.45) is 5.92 Å². The number of aromatic carboxylic acids is 1. The van der Waals surface area contributed by atoms with E-state index in [1.807, 2.05) is 0 Å². The molecule has 2 rings (SSSR count). The molecule has 0 spiro atoms. The number of carboxylic acids is 1. The summed E-state index contributed by atoms with van der Waals surface area (Å²) in [5, 5.41) is 9.21. The van der Waals surface area contributed by atoms with Crippen molar-refractivity contribution in [3.05, 3.63) is 35.1 Å². The van der Waals surface area contributed by atoms with Crippen molar-refractivity contribution in [3.8, 4) is 0 Å². The number of rotatable bonds is 5. The molecule has 3 nitrogen and oxygen atoms in total. The maximum Gasteiger partial charge on any atom is 0.336 e. The molecule has 1 heterocycles. The lowest BCUT2D eigenvalue weighted by atomic mass is 9.96. The summed E-state index contributed by atoms with van der Waals surface area (Å²) < 4.78 is 13.4. The first-order valence-electron chi connectivity index (χ1n) is 7.84.